The smallest absolute Gasteiger partial charge is 0.251 e. The molecule has 0 heterocycles. The first-order valence-corrected chi connectivity index (χ1v) is 5.73. The molecule has 1 rings (SSSR count). The number of carbonyl (C=O) groups is 1. The molecule has 4 nitrogen and oxygen atoms in total. The molecule has 1 amide bonds. The number of aliphatic hydroxyl groups is 1. The normalized spacial score (nSPS) is 14.1. The van der Waals surface area contributed by atoms with Crippen LogP contribution in [0.15, 0.2) is 24.3 Å². The Kier molecular flexibility index (Phi) is 4.52. The minimum atomic E-state index is -0.419. The second-order valence-corrected chi connectivity index (χ2v) is 4.39. The van der Waals surface area contributed by atoms with Crippen LogP contribution in [0.4, 0.5) is 0 Å². The molecule has 1 atom stereocenters. The van der Waals surface area contributed by atoms with Gasteiger partial charge in [0.1, 0.15) is 5.75 Å². The topological polar surface area (TPSA) is 69.6 Å². The number of phenolic OH excluding ortho intramolecular Hbond substituents is 1. The summed E-state index contributed by atoms with van der Waals surface area (Å²) in [7, 11) is 0. The Bertz CT molecular complexity index is 392. The predicted molar refractivity (Wildman–Crippen MR) is 66.0 cm³/mol. The molecule has 1 aromatic carbocycles. The minimum Gasteiger partial charge on any atom is -0.508 e. The van der Waals surface area contributed by atoms with Crippen molar-refractivity contribution < 1.29 is 15.0 Å². The number of aliphatic hydroxyl groups excluding tert-OH is 1. The quantitative estimate of drug-likeness (QED) is 0.729. The Balaban J connectivity index is 2.77. The summed E-state index contributed by atoms with van der Waals surface area (Å²) in [5.41, 5.74) is -0.000264. The highest BCUT2D eigenvalue weighted by Gasteiger charge is 2.24. The summed E-state index contributed by atoms with van der Waals surface area (Å²) in [6.07, 6.45) is 1.24. The number of aromatic hydroxyl groups is 1. The molecule has 0 spiro atoms. The Hall–Kier alpha value is -1.55. The van der Waals surface area contributed by atoms with Crippen LogP contribution in [0, 0.1) is 0 Å². The number of rotatable bonds is 5. The van der Waals surface area contributed by atoms with E-state index in [4.69, 9.17) is 5.11 Å². The maximum atomic E-state index is 11.9. The van der Waals surface area contributed by atoms with Crippen molar-refractivity contribution in [2.75, 3.05) is 6.61 Å². The van der Waals surface area contributed by atoms with E-state index in [0.29, 0.717) is 12.0 Å². The second kappa shape index (κ2) is 5.68. The molecule has 0 saturated carbocycles. The zero-order chi connectivity index (χ0) is 12.9. The minimum absolute atomic E-state index is 0.0324. The van der Waals surface area contributed by atoms with Gasteiger partial charge in [0.05, 0.1) is 0 Å². The standard InChI is InChI=1S/C13H19NO3/c1-3-13(2,7-8-15)14-12(17)10-5-4-6-11(16)9-10/h4-6,9,15-16H,3,7-8H2,1-2H3,(H,14,17). The number of benzene rings is 1. The summed E-state index contributed by atoms with van der Waals surface area (Å²) in [6, 6.07) is 6.21. The first kappa shape index (κ1) is 13.5. The molecule has 0 aliphatic heterocycles. The summed E-state index contributed by atoms with van der Waals surface area (Å²) in [5.74, 6) is -0.170. The lowest BCUT2D eigenvalue weighted by atomic mass is 9.94. The van der Waals surface area contributed by atoms with Crippen LogP contribution in [0.25, 0.3) is 0 Å². The molecule has 0 bridgehead atoms. The number of carbonyl (C=O) groups excluding carboxylic acids is 1. The van der Waals surface area contributed by atoms with Crippen molar-refractivity contribution in [3.05, 3.63) is 29.8 Å². The Morgan fingerprint density at radius 3 is 2.71 bits per heavy atom. The van der Waals surface area contributed by atoms with Gasteiger partial charge in [-0.05, 0) is 38.0 Å². The van der Waals surface area contributed by atoms with E-state index >= 15 is 0 Å². The number of nitrogens with one attached hydrogen (secondary N) is 1. The van der Waals surface area contributed by atoms with E-state index in [0.717, 1.165) is 6.42 Å². The molecule has 1 unspecified atom stereocenters. The van der Waals surface area contributed by atoms with Crippen molar-refractivity contribution in [3.63, 3.8) is 0 Å². The van der Waals surface area contributed by atoms with Gasteiger partial charge in [-0.2, -0.15) is 0 Å². The first-order chi connectivity index (χ1) is 8.00. The SMILES string of the molecule is CCC(C)(CCO)NC(=O)c1cccc(O)c1. The Morgan fingerprint density at radius 1 is 1.47 bits per heavy atom. The molecule has 0 aliphatic rings. The van der Waals surface area contributed by atoms with E-state index in [-0.39, 0.29) is 18.3 Å². The Labute approximate surface area is 101 Å². The van der Waals surface area contributed by atoms with Crippen molar-refractivity contribution in [2.45, 2.75) is 32.2 Å². The lowest BCUT2D eigenvalue weighted by Gasteiger charge is -2.29. The van der Waals surface area contributed by atoms with Crippen LogP contribution in [-0.2, 0) is 0 Å². The fourth-order valence-electron chi connectivity index (χ4n) is 1.57. The first-order valence-electron chi connectivity index (χ1n) is 5.73. The van der Waals surface area contributed by atoms with Crippen molar-refractivity contribution in [2.24, 2.45) is 0 Å². The molecule has 1 aromatic rings. The van der Waals surface area contributed by atoms with Crippen molar-refractivity contribution in [1.82, 2.24) is 5.32 Å². The third-order valence-corrected chi connectivity index (χ3v) is 2.97. The second-order valence-electron chi connectivity index (χ2n) is 4.39. The highest BCUT2D eigenvalue weighted by Crippen LogP contribution is 2.16. The molecule has 0 fully saturated rings. The van der Waals surface area contributed by atoms with Crippen LogP contribution in [0.2, 0.25) is 0 Å². The molecule has 0 aliphatic carbocycles. The number of phenols is 1. The third-order valence-electron chi connectivity index (χ3n) is 2.97. The van der Waals surface area contributed by atoms with Gasteiger partial charge in [-0.25, -0.2) is 0 Å². The molecule has 4 heteroatoms. The third kappa shape index (κ3) is 3.75. The summed E-state index contributed by atoms with van der Waals surface area (Å²) in [6.45, 7) is 3.88. The fraction of sp³-hybridized carbons (Fsp3) is 0.462. The summed E-state index contributed by atoms with van der Waals surface area (Å²) >= 11 is 0. The van der Waals surface area contributed by atoms with Gasteiger partial charge in [-0.15, -0.1) is 0 Å². The fourth-order valence-corrected chi connectivity index (χ4v) is 1.57. The lowest BCUT2D eigenvalue weighted by Crippen LogP contribution is -2.46. The van der Waals surface area contributed by atoms with Crippen LogP contribution >= 0.6 is 0 Å². The van der Waals surface area contributed by atoms with Crippen LogP contribution < -0.4 is 5.32 Å². The van der Waals surface area contributed by atoms with Gasteiger partial charge in [0.25, 0.3) is 5.91 Å². The summed E-state index contributed by atoms with van der Waals surface area (Å²) < 4.78 is 0. The van der Waals surface area contributed by atoms with Crippen molar-refractivity contribution >= 4 is 5.91 Å². The molecule has 17 heavy (non-hydrogen) atoms. The van der Waals surface area contributed by atoms with E-state index in [1.807, 2.05) is 13.8 Å². The van der Waals surface area contributed by atoms with E-state index in [9.17, 15) is 9.90 Å². The van der Waals surface area contributed by atoms with Crippen LogP contribution in [0.3, 0.4) is 0 Å². The van der Waals surface area contributed by atoms with Crippen LogP contribution in [0.5, 0.6) is 5.75 Å². The van der Waals surface area contributed by atoms with E-state index in [2.05, 4.69) is 5.32 Å². The summed E-state index contributed by atoms with van der Waals surface area (Å²) in [5, 5.41) is 21.1. The van der Waals surface area contributed by atoms with E-state index < -0.39 is 5.54 Å². The Morgan fingerprint density at radius 2 is 2.18 bits per heavy atom. The van der Waals surface area contributed by atoms with Gasteiger partial charge < -0.3 is 15.5 Å². The molecule has 94 valence electrons. The van der Waals surface area contributed by atoms with Gasteiger partial charge in [0.15, 0.2) is 0 Å². The zero-order valence-corrected chi connectivity index (χ0v) is 10.2. The molecule has 3 N–H and O–H groups in total. The van der Waals surface area contributed by atoms with Crippen LogP contribution in [0.1, 0.15) is 37.0 Å². The molecule has 0 aromatic heterocycles. The maximum Gasteiger partial charge on any atom is 0.251 e. The van der Waals surface area contributed by atoms with Gasteiger partial charge in [-0.3, -0.25) is 4.79 Å². The monoisotopic (exact) mass is 237 g/mol. The lowest BCUT2D eigenvalue weighted by molar-refractivity contribution is 0.0885. The zero-order valence-electron chi connectivity index (χ0n) is 10.2. The average Bonchev–Trinajstić information content (AvgIpc) is 2.29. The summed E-state index contributed by atoms with van der Waals surface area (Å²) in [4.78, 5) is 11.9. The molecular weight excluding hydrogens is 218 g/mol. The van der Waals surface area contributed by atoms with E-state index in [1.54, 1.807) is 12.1 Å². The molecule has 0 saturated heterocycles. The maximum absolute atomic E-state index is 11.9. The number of hydrogen-bond donors (Lipinski definition) is 3. The highest BCUT2D eigenvalue weighted by molar-refractivity contribution is 5.95. The highest BCUT2D eigenvalue weighted by atomic mass is 16.3. The number of hydrogen-bond acceptors (Lipinski definition) is 3. The van der Waals surface area contributed by atoms with Crippen molar-refractivity contribution in [1.29, 1.82) is 0 Å². The van der Waals surface area contributed by atoms with Crippen LogP contribution in [-0.4, -0.2) is 28.3 Å². The van der Waals surface area contributed by atoms with E-state index in [1.165, 1.54) is 12.1 Å². The van der Waals surface area contributed by atoms with Gasteiger partial charge >= 0.3 is 0 Å². The molecular formula is C13H19NO3. The van der Waals surface area contributed by atoms with Crippen molar-refractivity contribution in [3.8, 4) is 5.75 Å². The van der Waals surface area contributed by atoms with Gasteiger partial charge in [-0.1, -0.05) is 13.0 Å². The largest absolute Gasteiger partial charge is 0.508 e. The number of amides is 1. The van der Waals surface area contributed by atoms with Gasteiger partial charge in [0.2, 0.25) is 0 Å². The van der Waals surface area contributed by atoms with Gasteiger partial charge in [0, 0.05) is 17.7 Å². The predicted octanol–water partition coefficient (Wildman–Crippen LogP) is 1.67. The average molecular weight is 237 g/mol. The molecule has 0 radical (unpaired) electrons.